The highest BCUT2D eigenvalue weighted by Gasteiger charge is 2.10. The van der Waals surface area contributed by atoms with Gasteiger partial charge in [-0.05, 0) is 17.5 Å². The van der Waals surface area contributed by atoms with Crippen molar-refractivity contribution in [1.82, 2.24) is 9.55 Å². The number of H-pyrrole nitrogens is 1. The maximum atomic E-state index is 11.8. The molecule has 0 saturated carbocycles. The molecule has 0 aliphatic heterocycles. The van der Waals surface area contributed by atoms with Gasteiger partial charge >= 0.3 is 5.69 Å². The summed E-state index contributed by atoms with van der Waals surface area (Å²) in [6.07, 6.45) is 0.914. The number of aromatic nitrogens is 2. The largest absolute Gasteiger partial charge is 0.383 e. The van der Waals surface area contributed by atoms with E-state index in [0.717, 1.165) is 12.0 Å². The highest BCUT2D eigenvalue weighted by molar-refractivity contribution is 5.60. The minimum absolute atomic E-state index is 0.132. The molecule has 0 spiro atoms. The molecule has 0 aliphatic carbocycles. The second kappa shape index (κ2) is 5.64. The van der Waals surface area contributed by atoms with E-state index in [2.05, 4.69) is 17.2 Å². The van der Waals surface area contributed by atoms with Crippen LogP contribution in [-0.2, 0) is 20.0 Å². The van der Waals surface area contributed by atoms with E-state index in [4.69, 9.17) is 5.73 Å². The first-order chi connectivity index (χ1) is 9.54. The summed E-state index contributed by atoms with van der Waals surface area (Å²) in [7, 11) is 1.51. The number of benzene rings is 1. The van der Waals surface area contributed by atoms with E-state index in [1.165, 1.54) is 17.2 Å². The molecule has 0 saturated heterocycles. The van der Waals surface area contributed by atoms with Gasteiger partial charge in [0.05, 0.1) is 0 Å². The van der Waals surface area contributed by atoms with E-state index in [9.17, 15) is 9.59 Å². The highest BCUT2D eigenvalue weighted by atomic mass is 16.2. The Bertz CT molecular complexity index is 731. The summed E-state index contributed by atoms with van der Waals surface area (Å²) >= 11 is 0. The number of nitrogens with zero attached hydrogens (tertiary/aromatic N) is 1. The van der Waals surface area contributed by atoms with E-state index >= 15 is 0 Å². The molecule has 0 unspecified atom stereocenters. The fraction of sp³-hybridized carbons (Fsp3) is 0.286. The van der Waals surface area contributed by atoms with Crippen LogP contribution in [0.2, 0.25) is 0 Å². The zero-order chi connectivity index (χ0) is 14.7. The van der Waals surface area contributed by atoms with Crippen LogP contribution in [0.15, 0.2) is 33.9 Å². The van der Waals surface area contributed by atoms with Crippen molar-refractivity contribution in [3.63, 3.8) is 0 Å². The molecule has 0 atom stereocenters. The third-order valence-electron chi connectivity index (χ3n) is 3.32. The molecular weight excluding hydrogens is 256 g/mol. The van der Waals surface area contributed by atoms with Gasteiger partial charge in [-0.2, -0.15) is 0 Å². The van der Waals surface area contributed by atoms with Gasteiger partial charge in [0.15, 0.2) is 0 Å². The summed E-state index contributed by atoms with van der Waals surface area (Å²) in [5.41, 5.74) is 7.31. The monoisotopic (exact) mass is 274 g/mol. The Hall–Kier alpha value is -2.50. The van der Waals surface area contributed by atoms with Crippen LogP contribution in [0.25, 0.3) is 0 Å². The van der Waals surface area contributed by atoms with Crippen LogP contribution in [0.3, 0.4) is 0 Å². The Morgan fingerprint density at radius 3 is 2.55 bits per heavy atom. The first kappa shape index (κ1) is 13.9. The zero-order valence-corrected chi connectivity index (χ0v) is 11.6. The van der Waals surface area contributed by atoms with E-state index in [1.54, 1.807) is 0 Å². The molecule has 0 fully saturated rings. The van der Waals surface area contributed by atoms with E-state index in [0.29, 0.717) is 6.54 Å². The van der Waals surface area contributed by atoms with Crippen molar-refractivity contribution in [2.75, 3.05) is 11.1 Å². The molecular formula is C14H18N4O2. The van der Waals surface area contributed by atoms with Gasteiger partial charge in [-0.25, -0.2) is 4.79 Å². The number of hydrogen-bond acceptors (Lipinski definition) is 4. The van der Waals surface area contributed by atoms with Crippen molar-refractivity contribution < 1.29 is 0 Å². The van der Waals surface area contributed by atoms with Crippen molar-refractivity contribution in [1.29, 1.82) is 0 Å². The second-order valence-corrected chi connectivity index (χ2v) is 4.55. The summed E-state index contributed by atoms with van der Waals surface area (Å²) in [5.74, 6) is 0.132. The van der Waals surface area contributed by atoms with Crippen LogP contribution in [0, 0.1) is 0 Å². The number of aryl methyl sites for hydroxylation is 1. The molecule has 2 rings (SSSR count). The molecule has 6 heteroatoms. The van der Waals surface area contributed by atoms with Crippen molar-refractivity contribution in [3.8, 4) is 0 Å². The zero-order valence-electron chi connectivity index (χ0n) is 11.6. The Morgan fingerprint density at radius 2 is 1.90 bits per heavy atom. The number of rotatable bonds is 4. The SMILES string of the molecule is CCc1ccccc1CNc1c(N)n(C)c(=O)[nH]c1=O. The van der Waals surface area contributed by atoms with Crippen LogP contribution in [-0.4, -0.2) is 9.55 Å². The lowest BCUT2D eigenvalue weighted by Gasteiger charge is -2.12. The van der Waals surface area contributed by atoms with Crippen molar-refractivity contribution >= 4 is 11.5 Å². The fourth-order valence-electron chi connectivity index (χ4n) is 2.07. The first-order valence-corrected chi connectivity index (χ1v) is 6.44. The number of nitrogen functional groups attached to an aromatic ring is 1. The summed E-state index contributed by atoms with van der Waals surface area (Å²) in [5, 5.41) is 3.01. The Kier molecular flexibility index (Phi) is 3.93. The van der Waals surface area contributed by atoms with Crippen molar-refractivity contribution in [2.24, 2.45) is 7.05 Å². The van der Waals surface area contributed by atoms with E-state index < -0.39 is 11.2 Å². The number of anilines is 2. The average molecular weight is 274 g/mol. The quantitative estimate of drug-likeness (QED) is 0.770. The Labute approximate surface area is 116 Å². The number of nitrogens with two attached hydrogens (primary N) is 1. The summed E-state index contributed by atoms with van der Waals surface area (Å²) in [6.45, 7) is 2.56. The molecule has 1 heterocycles. The average Bonchev–Trinajstić information content (AvgIpc) is 2.45. The van der Waals surface area contributed by atoms with Gasteiger partial charge in [-0.1, -0.05) is 31.2 Å². The number of hydrogen-bond donors (Lipinski definition) is 3. The third kappa shape index (κ3) is 2.59. The lowest BCUT2D eigenvalue weighted by atomic mass is 10.1. The van der Waals surface area contributed by atoms with E-state index in [1.807, 2.05) is 24.3 Å². The molecule has 1 aromatic carbocycles. The van der Waals surface area contributed by atoms with Gasteiger partial charge in [-0.15, -0.1) is 0 Å². The lowest BCUT2D eigenvalue weighted by molar-refractivity contribution is 0.812. The van der Waals surface area contributed by atoms with Gasteiger partial charge in [0, 0.05) is 13.6 Å². The summed E-state index contributed by atoms with van der Waals surface area (Å²) in [4.78, 5) is 25.4. The highest BCUT2D eigenvalue weighted by Crippen LogP contribution is 2.14. The fourth-order valence-corrected chi connectivity index (χ4v) is 2.07. The predicted octanol–water partition coefficient (Wildman–Crippen LogP) is 0.830. The molecule has 0 aliphatic rings. The smallest absolute Gasteiger partial charge is 0.329 e. The van der Waals surface area contributed by atoms with Crippen molar-refractivity contribution in [3.05, 3.63) is 56.2 Å². The van der Waals surface area contributed by atoms with Gasteiger partial charge in [0.25, 0.3) is 5.56 Å². The van der Waals surface area contributed by atoms with E-state index in [-0.39, 0.29) is 11.5 Å². The lowest BCUT2D eigenvalue weighted by Crippen LogP contribution is -2.32. The van der Waals surface area contributed by atoms with Gasteiger partial charge in [0.2, 0.25) is 0 Å². The van der Waals surface area contributed by atoms with Gasteiger partial charge in [-0.3, -0.25) is 14.3 Å². The topological polar surface area (TPSA) is 92.9 Å². The standard InChI is InChI=1S/C14H18N4O2/c1-3-9-6-4-5-7-10(9)8-16-11-12(15)18(2)14(20)17-13(11)19/h4-7,16H,3,8,15H2,1-2H3,(H,17,19,20). The third-order valence-corrected chi connectivity index (χ3v) is 3.32. The maximum absolute atomic E-state index is 11.8. The molecule has 6 nitrogen and oxygen atoms in total. The van der Waals surface area contributed by atoms with Crippen LogP contribution in [0.1, 0.15) is 18.1 Å². The first-order valence-electron chi connectivity index (χ1n) is 6.44. The van der Waals surface area contributed by atoms with Gasteiger partial charge < -0.3 is 11.1 Å². The summed E-state index contributed by atoms with van der Waals surface area (Å²) in [6, 6.07) is 7.98. The molecule has 0 amide bonds. The van der Waals surface area contributed by atoms with Crippen LogP contribution >= 0.6 is 0 Å². The van der Waals surface area contributed by atoms with Crippen LogP contribution in [0.5, 0.6) is 0 Å². The molecule has 2 aromatic rings. The number of nitrogens with one attached hydrogen (secondary N) is 2. The molecule has 1 aromatic heterocycles. The maximum Gasteiger partial charge on any atom is 0.329 e. The van der Waals surface area contributed by atoms with Gasteiger partial charge in [0.1, 0.15) is 11.5 Å². The van der Waals surface area contributed by atoms with Crippen LogP contribution in [0.4, 0.5) is 11.5 Å². The summed E-state index contributed by atoms with van der Waals surface area (Å²) < 4.78 is 1.20. The molecule has 0 radical (unpaired) electrons. The Morgan fingerprint density at radius 1 is 1.25 bits per heavy atom. The van der Waals surface area contributed by atoms with Crippen molar-refractivity contribution in [2.45, 2.75) is 19.9 Å². The molecule has 20 heavy (non-hydrogen) atoms. The Balaban J connectivity index is 2.30. The van der Waals surface area contributed by atoms with Crippen LogP contribution < -0.4 is 22.3 Å². The molecule has 106 valence electrons. The minimum Gasteiger partial charge on any atom is -0.383 e. The second-order valence-electron chi connectivity index (χ2n) is 4.55. The normalized spacial score (nSPS) is 10.5. The molecule has 0 bridgehead atoms. The predicted molar refractivity (Wildman–Crippen MR) is 79.9 cm³/mol. The molecule has 4 N–H and O–H groups in total. The minimum atomic E-state index is -0.521. The number of aromatic amines is 1.